The van der Waals surface area contributed by atoms with Gasteiger partial charge in [0, 0.05) is 17.5 Å². The first kappa shape index (κ1) is 17.0. The lowest BCUT2D eigenvalue weighted by molar-refractivity contribution is 0.102. The number of hydrogen-bond acceptors (Lipinski definition) is 4. The molecule has 0 unspecified atom stereocenters. The Morgan fingerprint density at radius 1 is 1.09 bits per heavy atom. The zero-order valence-corrected chi connectivity index (χ0v) is 14.0. The first-order valence-electron chi connectivity index (χ1n) is 7.13. The predicted octanol–water partition coefficient (Wildman–Crippen LogP) is 3.17. The van der Waals surface area contributed by atoms with Gasteiger partial charge in [-0.1, -0.05) is 26.0 Å². The Kier molecular flexibility index (Phi) is 4.75. The first-order chi connectivity index (χ1) is 10.7. The van der Waals surface area contributed by atoms with Crippen molar-refractivity contribution in [2.75, 3.05) is 11.6 Å². The molecule has 2 rings (SSSR count). The third-order valence-corrected chi connectivity index (χ3v) is 4.58. The molecule has 0 heterocycles. The zero-order chi connectivity index (χ0) is 17.2. The van der Waals surface area contributed by atoms with E-state index in [-0.39, 0.29) is 16.6 Å². The average molecular weight is 333 g/mol. The van der Waals surface area contributed by atoms with Crippen molar-refractivity contribution in [3.8, 4) is 5.75 Å². The Morgan fingerprint density at radius 2 is 1.70 bits per heavy atom. The largest absolute Gasteiger partial charge is 0.507 e. The number of rotatable bonds is 4. The average Bonchev–Trinajstić information content (AvgIpc) is 2.48. The molecule has 0 aliphatic heterocycles. The van der Waals surface area contributed by atoms with E-state index in [4.69, 9.17) is 0 Å². The van der Waals surface area contributed by atoms with E-state index in [0.717, 1.165) is 11.8 Å². The highest BCUT2D eigenvalue weighted by molar-refractivity contribution is 7.90. The molecule has 1 amide bonds. The Balaban J connectivity index is 2.23. The molecule has 0 saturated carbocycles. The molecule has 0 spiro atoms. The highest BCUT2D eigenvalue weighted by Crippen LogP contribution is 2.26. The predicted molar refractivity (Wildman–Crippen MR) is 89.7 cm³/mol. The van der Waals surface area contributed by atoms with Gasteiger partial charge in [0.25, 0.3) is 5.91 Å². The van der Waals surface area contributed by atoms with E-state index >= 15 is 0 Å². The van der Waals surface area contributed by atoms with Gasteiger partial charge in [0.05, 0.1) is 0 Å². The van der Waals surface area contributed by atoms with Gasteiger partial charge in [0.2, 0.25) is 0 Å². The van der Waals surface area contributed by atoms with Crippen molar-refractivity contribution in [2.24, 2.45) is 0 Å². The Bertz CT molecular complexity index is 824. The molecule has 0 saturated heterocycles. The maximum Gasteiger partial charge on any atom is 0.255 e. The van der Waals surface area contributed by atoms with Gasteiger partial charge in [-0.3, -0.25) is 4.79 Å². The Morgan fingerprint density at radius 3 is 2.22 bits per heavy atom. The summed E-state index contributed by atoms with van der Waals surface area (Å²) in [7, 11) is -3.57. The van der Waals surface area contributed by atoms with Gasteiger partial charge >= 0.3 is 0 Å². The summed E-state index contributed by atoms with van der Waals surface area (Å²) < 4.78 is 23.2. The molecular formula is C17H19NO4S. The van der Waals surface area contributed by atoms with Crippen LogP contribution in [0.25, 0.3) is 0 Å². The molecule has 23 heavy (non-hydrogen) atoms. The maximum atomic E-state index is 12.2. The lowest BCUT2D eigenvalue weighted by Gasteiger charge is -2.09. The van der Waals surface area contributed by atoms with Crippen LogP contribution in [0.3, 0.4) is 0 Å². The molecule has 0 aliphatic carbocycles. The van der Waals surface area contributed by atoms with Gasteiger partial charge < -0.3 is 10.4 Å². The van der Waals surface area contributed by atoms with Crippen LogP contribution < -0.4 is 5.32 Å². The summed E-state index contributed by atoms with van der Waals surface area (Å²) in [5.74, 6) is -0.307. The number of phenols is 1. The lowest BCUT2D eigenvalue weighted by atomic mass is 10.0. The monoisotopic (exact) mass is 333 g/mol. The van der Waals surface area contributed by atoms with Crippen LogP contribution in [0, 0.1) is 0 Å². The van der Waals surface area contributed by atoms with E-state index in [2.05, 4.69) is 19.2 Å². The third-order valence-electron chi connectivity index (χ3n) is 3.46. The third kappa shape index (κ3) is 4.10. The summed E-state index contributed by atoms with van der Waals surface area (Å²) in [6.07, 6.45) is 0.998. The second-order valence-electron chi connectivity index (χ2n) is 5.69. The van der Waals surface area contributed by atoms with Gasteiger partial charge in [-0.15, -0.1) is 0 Å². The molecule has 0 bridgehead atoms. The van der Waals surface area contributed by atoms with Crippen LogP contribution in [0.15, 0.2) is 47.4 Å². The van der Waals surface area contributed by atoms with Crippen LogP contribution in [0.1, 0.15) is 35.7 Å². The van der Waals surface area contributed by atoms with Crippen molar-refractivity contribution < 1.29 is 18.3 Å². The molecule has 0 aliphatic rings. The number of carbonyl (C=O) groups is 1. The SMILES string of the molecule is CC(C)c1ccc(C(=O)Nc2ccc(O)c(S(C)(=O)=O)c2)cc1. The fraction of sp³-hybridized carbons (Fsp3) is 0.235. The summed E-state index contributed by atoms with van der Waals surface area (Å²) >= 11 is 0. The van der Waals surface area contributed by atoms with Crippen molar-refractivity contribution in [3.63, 3.8) is 0 Å². The molecule has 0 radical (unpaired) electrons. The van der Waals surface area contributed by atoms with Crippen molar-refractivity contribution in [3.05, 3.63) is 53.6 Å². The summed E-state index contributed by atoms with van der Waals surface area (Å²) in [5.41, 5.74) is 1.91. The van der Waals surface area contributed by atoms with E-state index in [1.54, 1.807) is 12.1 Å². The molecule has 2 aromatic carbocycles. The number of anilines is 1. The highest BCUT2D eigenvalue weighted by atomic mass is 32.2. The number of benzene rings is 2. The van der Waals surface area contributed by atoms with Gasteiger partial charge in [-0.2, -0.15) is 0 Å². The number of hydrogen-bond donors (Lipinski definition) is 2. The number of carbonyl (C=O) groups excluding carboxylic acids is 1. The van der Waals surface area contributed by atoms with Crippen molar-refractivity contribution in [2.45, 2.75) is 24.7 Å². The van der Waals surface area contributed by atoms with Crippen molar-refractivity contribution in [1.29, 1.82) is 0 Å². The van der Waals surface area contributed by atoms with E-state index in [9.17, 15) is 18.3 Å². The quantitative estimate of drug-likeness (QED) is 0.842. The smallest absolute Gasteiger partial charge is 0.255 e. The van der Waals surface area contributed by atoms with Crippen molar-refractivity contribution >= 4 is 21.4 Å². The lowest BCUT2D eigenvalue weighted by Crippen LogP contribution is -2.12. The molecule has 122 valence electrons. The summed E-state index contributed by atoms with van der Waals surface area (Å²) in [5, 5.41) is 12.2. The minimum Gasteiger partial charge on any atom is -0.507 e. The van der Waals surface area contributed by atoms with Crippen LogP contribution in [-0.4, -0.2) is 25.7 Å². The summed E-state index contributed by atoms with van der Waals surface area (Å²) in [4.78, 5) is 12.0. The molecule has 6 heteroatoms. The van der Waals surface area contributed by atoms with Crippen LogP contribution in [0.5, 0.6) is 5.75 Å². The number of amides is 1. The van der Waals surface area contributed by atoms with E-state index in [1.807, 2.05) is 12.1 Å². The fourth-order valence-electron chi connectivity index (χ4n) is 2.11. The summed E-state index contributed by atoms with van der Waals surface area (Å²) in [6, 6.07) is 11.2. The number of phenolic OH excluding ortho intramolecular Hbond substituents is 1. The van der Waals surface area contributed by atoms with Crippen LogP contribution in [-0.2, 0) is 9.84 Å². The highest BCUT2D eigenvalue weighted by Gasteiger charge is 2.15. The first-order valence-corrected chi connectivity index (χ1v) is 9.02. The van der Waals surface area contributed by atoms with Gasteiger partial charge in [-0.05, 0) is 41.8 Å². The molecule has 5 nitrogen and oxygen atoms in total. The molecule has 2 aromatic rings. The van der Waals surface area contributed by atoms with E-state index in [1.165, 1.54) is 18.2 Å². The standard InChI is InChI=1S/C17H19NO4S/c1-11(2)12-4-6-13(7-5-12)17(20)18-14-8-9-15(19)16(10-14)23(3,21)22/h4-11,19H,1-3H3,(H,18,20). The van der Waals surface area contributed by atoms with Crippen LogP contribution >= 0.6 is 0 Å². The number of aromatic hydroxyl groups is 1. The zero-order valence-electron chi connectivity index (χ0n) is 13.2. The molecule has 0 atom stereocenters. The number of sulfone groups is 1. The van der Waals surface area contributed by atoms with Gasteiger partial charge in [0.15, 0.2) is 9.84 Å². The minimum atomic E-state index is -3.57. The second kappa shape index (κ2) is 6.42. The van der Waals surface area contributed by atoms with Crippen molar-refractivity contribution in [1.82, 2.24) is 0 Å². The van der Waals surface area contributed by atoms with E-state index < -0.39 is 9.84 Å². The van der Waals surface area contributed by atoms with E-state index in [0.29, 0.717) is 17.2 Å². The fourth-order valence-corrected chi connectivity index (χ4v) is 2.90. The topological polar surface area (TPSA) is 83.5 Å². The Hall–Kier alpha value is -2.34. The maximum absolute atomic E-state index is 12.2. The van der Waals surface area contributed by atoms with Crippen LogP contribution in [0.2, 0.25) is 0 Å². The summed E-state index contributed by atoms with van der Waals surface area (Å²) in [6.45, 7) is 4.14. The number of nitrogens with one attached hydrogen (secondary N) is 1. The second-order valence-corrected chi connectivity index (χ2v) is 7.67. The molecule has 2 N–H and O–H groups in total. The Labute approximate surface area is 135 Å². The molecule has 0 fully saturated rings. The van der Waals surface area contributed by atoms with Gasteiger partial charge in [0.1, 0.15) is 10.6 Å². The molecular weight excluding hydrogens is 314 g/mol. The normalized spacial score (nSPS) is 11.5. The minimum absolute atomic E-state index is 0.217. The molecule has 0 aromatic heterocycles. The van der Waals surface area contributed by atoms with Gasteiger partial charge in [-0.25, -0.2) is 8.42 Å². The van der Waals surface area contributed by atoms with Crippen LogP contribution in [0.4, 0.5) is 5.69 Å².